The highest BCUT2D eigenvalue weighted by molar-refractivity contribution is 7.89. The third kappa shape index (κ3) is 2.35. The van der Waals surface area contributed by atoms with Crippen LogP contribution in [0.1, 0.15) is 29.0 Å². The van der Waals surface area contributed by atoms with Gasteiger partial charge in [-0.2, -0.15) is 4.31 Å². The zero-order valence-electron chi connectivity index (χ0n) is 10.9. The van der Waals surface area contributed by atoms with Crippen molar-refractivity contribution in [1.29, 1.82) is 0 Å². The minimum atomic E-state index is -3.32. The van der Waals surface area contributed by atoms with Crippen molar-refractivity contribution >= 4 is 33.0 Å². The zero-order valence-corrected chi connectivity index (χ0v) is 13.3. The maximum atomic E-state index is 12.7. The molecule has 2 unspecified atom stereocenters. The van der Waals surface area contributed by atoms with Gasteiger partial charge in [0.25, 0.3) is 0 Å². The van der Waals surface area contributed by atoms with E-state index in [1.807, 2.05) is 6.92 Å². The number of sulfonamides is 1. The summed E-state index contributed by atoms with van der Waals surface area (Å²) in [6.45, 7) is 3.28. The minimum absolute atomic E-state index is 0.381. The van der Waals surface area contributed by atoms with Crippen molar-refractivity contribution in [3.63, 3.8) is 0 Å². The molecule has 0 aromatic carbocycles. The number of rotatable bonds is 3. The van der Waals surface area contributed by atoms with Gasteiger partial charge in [-0.1, -0.05) is 6.42 Å². The molecule has 1 saturated carbocycles. The molecule has 0 amide bonds. The summed E-state index contributed by atoms with van der Waals surface area (Å²) in [6.07, 6.45) is 3.63. The predicted octanol–water partition coefficient (Wildman–Crippen LogP) is 3.22. The second kappa shape index (κ2) is 5.02. The van der Waals surface area contributed by atoms with Gasteiger partial charge >= 0.3 is 0 Å². The molecule has 3 rings (SSSR count). The van der Waals surface area contributed by atoms with Crippen molar-refractivity contribution < 1.29 is 8.42 Å². The zero-order chi connectivity index (χ0) is 13.6. The van der Waals surface area contributed by atoms with Crippen LogP contribution >= 0.6 is 22.9 Å². The van der Waals surface area contributed by atoms with E-state index in [-0.39, 0.29) is 0 Å². The lowest BCUT2D eigenvalue weighted by Gasteiger charge is -2.17. The van der Waals surface area contributed by atoms with E-state index in [0.717, 1.165) is 9.75 Å². The lowest BCUT2D eigenvalue weighted by Crippen LogP contribution is -2.29. The fourth-order valence-electron chi connectivity index (χ4n) is 3.37. The first-order chi connectivity index (χ1) is 9.02. The molecule has 19 heavy (non-hydrogen) atoms. The van der Waals surface area contributed by atoms with E-state index in [1.54, 1.807) is 10.4 Å². The molecule has 1 aliphatic heterocycles. The summed E-state index contributed by atoms with van der Waals surface area (Å²) >= 11 is 7.29. The maximum absolute atomic E-state index is 12.7. The van der Waals surface area contributed by atoms with Crippen molar-refractivity contribution in [2.75, 3.05) is 13.1 Å². The van der Waals surface area contributed by atoms with Gasteiger partial charge in [0.15, 0.2) is 0 Å². The number of aryl methyl sites for hydroxylation is 1. The number of halogens is 1. The SMILES string of the molecule is Cc1sc(CCl)cc1S(=O)(=O)N1CC2CCCC2C1. The van der Waals surface area contributed by atoms with Crippen LogP contribution in [0.25, 0.3) is 0 Å². The first-order valence-corrected chi connectivity index (χ1v) is 9.47. The van der Waals surface area contributed by atoms with Crippen LogP contribution in [0, 0.1) is 18.8 Å². The Morgan fingerprint density at radius 1 is 1.37 bits per heavy atom. The molecule has 2 aliphatic rings. The highest BCUT2D eigenvalue weighted by atomic mass is 35.5. The van der Waals surface area contributed by atoms with Crippen LogP contribution in [-0.4, -0.2) is 25.8 Å². The molecule has 1 aliphatic carbocycles. The number of fused-ring (bicyclic) bond motifs is 1. The molecule has 3 nitrogen and oxygen atoms in total. The van der Waals surface area contributed by atoms with Crippen LogP contribution in [0.2, 0.25) is 0 Å². The summed E-state index contributed by atoms with van der Waals surface area (Å²) in [7, 11) is -3.32. The molecule has 1 saturated heterocycles. The average molecular weight is 320 g/mol. The number of hydrogen-bond acceptors (Lipinski definition) is 3. The van der Waals surface area contributed by atoms with E-state index in [9.17, 15) is 8.42 Å². The highest BCUT2D eigenvalue weighted by Crippen LogP contribution is 2.40. The predicted molar refractivity (Wildman–Crippen MR) is 78.2 cm³/mol. The van der Waals surface area contributed by atoms with E-state index in [2.05, 4.69) is 0 Å². The second-order valence-electron chi connectivity index (χ2n) is 5.54. The van der Waals surface area contributed by atoms with Crippen LogP contribution < -0.4 is 0 Å². The van der Waals surface area contributed by atoms with Crippen LogP contribution in [0.3, 0.4) is 0 Å². The van der Waals surface area contributed by atoms with Crippen LogP contribution in [-0.2, 0) is 15.9 Å². The van der Waals surface area contributed by atoms with Crippen molar-refractivity contribution in [1.82, 2.24) is 4.31 Å². The fraction of sp³-hybridized carbons (Fsp3) is 0.692. The Balaban J connectivity index is 1.88. The van der Waals surface area contributed by atoms with Gasteiger partial charge in [0.2, 0.25) is 10.0 Å². The first kappa shape index (κ1) is 13.9. The molecule has 106 valence electrons. The molecule has 1 aromatic rings. The smallest absolute Gasteiger partial charge is 0.207 e. The van der Waals surface area contributed by atoms with E-state index in [4.69, 9.17) is 11.6 Å². The number of thiophene rings is 1. The summed E-state index contributed by atoms with van der Waals surface area (Å²) < 4.78 is 27.1. The van der Waals surface area contributed by atoms with Gasteiger partial charge in [-0.05, 0) is 37.7 Å². The lowest BCUT2D eigenvalue weighted by molar-refractivity contribution is 0.445. The highest BCUT2D eigenvalue weighted by Gasteiger charge is 2.42. The third-order valence-corrected chi connectivity index (χ3v) is 7.95. The number of nitrogens with zero attached hydrogens (tertiary/aromatic N) is 1. The maximum Gasteiger partial charge on any atom is 0.244 e. The molecular formula is C13H18ClNO2S2. The molecule has 6 heteroatoms. The summed E-state index contributed by atoms with van der Waals surface area (Å²) in [5, 5.41) is 0. The monoisotopic (exact) mass is 319 g/mol. The van der Waals surface area contributed by atoms with Gasteiger partial charge in [-0.15, -0.1) is 22.9 Å². The Morgan fingerprint density at radius 3 is 2.53 bits per heavy atom. The van der Waals surface area contributed by atoms with E-state index >= 15 is 0 Å². The molecule has 0 bridgehead atoms. The molecule has 0 N–H and O–H groups in total. The van der Waals surface area contributed by atoms with Gasteiger partial charge in [0.1, 0.15) is 0 Å². The van der Waals surface area contributed by atoms with Crippen LogP contribution in [0.4, 0.5) is 0 Å². The van der Waals surface area contributed by atoms with Crippen molar-refractivity contribution in [3.05, 3.63) is 15.8 Å². The lowest BCUT2D eigenvalue weighted by atomic mass is 10.0. The van der Waals surface area contributed by atoms with E-state index in [0.29, 0.717) is 35.7 Å². The quantitative estimate of drug-likeness (QED) is 0.802. The Bertz CT molecular complexity index is 569. The largest absolute Gasteiger partial charge is 0.244 e. The number of hydrogen-bond donors (Lipinski definition) is 0. The molecular weight excluding hydrogens is 302 g/mol. The molecule has 2 atom stereocenters. The Labute approximate surface area is 123 Å². The third-order valence-electron chi connectivity index (χ3n) is 4.37. The van der Waals surface area contributed by atoms with E-state index in [1.165, 1.54) is 30.6 Å². The van der Waals surface area contributed by atoms with Crippen molar-refractivity contribution in [2.24, 2.45) is 11.8 Å². The van der Waals surface area contributed by atoms with E-state index < -0.39 is 10.0 Å². The summed E-state index contributed by atoms with van der Waals surface area (Å²) in [5.41, 5.74) is 0. The Morgan fingerprint density at radius 2 is 2.00 bits per heavy atom. The average Bonchev–Trinajstić information content (AvgIpc) is 3.00. The van der Waals surface area contributed by atoms with Crippen molar-refractivity contribution in [3.8, 4) is 0 Å². The molecule has 2 heterocycles. The molecule has 1 aromatic heterocycles. The van der Waals surface area contributed by atoms with Gasteiger partial charge in [0.05, 0.1) is 10.8 Å². The van der Waals surface area contributed by atoms with Crippen molar-refractivity contribution in [2.45, 2.75) is 37.0 Å². The van der Waals surface area contributed by atoms with Crippen LogP contribution in [0.15, 0.2) is 11.0 Å². The van der Waals surface area contributed by atoms with Gasteiger partial charge < -0.3 is 0 Å². The topological polar surface area (TPSA) is 37.4 Å². The van der Waals surface area contributed by atoms with Crippen LogP contribution in [0.5, 0.6) is 0 Å². The normalized spacial score (nSPS) is 27.9. The second-order valence-corrected chi connectivity index (χ2v) is 9.05. The fourth-order valence-corrected chi connectivity index (χ4v) is 6.62. The van der Waals surface area contributed by atoms with Gasteiger partial charge in [-0.25, -0.2) is 8.42 Å². The molecule has 0 radical (unpaired) electrons. The Hall–Kier alpha value is -0.100. The minimum Gasteiger partial charge on any atom is -0.207 e. The van der Waals surface area contributed by atoms with Gasteiger partial charge in [-0.3, -0.25) is 0 Å². The molecule has 2 fully saturated rings. The summed E-state index contributed by atoms with van der Waals surface area (Å²) in [6, 6.07) is 1.75. The molecule has 0 spiro atoms. The standard InChI is InChI=1S/C13H18ClNO2S2/c1-9-13(5-12(6-14)18-9)19(16,17)15-7-10-3-2-4-11(10)8-15/h5,10-11H,2-4,6-8H2,1H3. The number of alkyl halides is 1. The summed E-state index contributed by atoms with van der Waals surface area (Å²) in [4.78, 5) is 2.25. The Kier molecular flexibility index (Phi) is 3.67. The first-order valence-electron chi connectivity index (χ1n) is 6.68. The van der Waals surface area contributed by atoms with Gasteiger partial charge in [0, 0.05) is 22.8 Å². The summed E-state index contributed by atoms with van der Waals surface area (Å²) in [5.74, 6) is 1.55.